The van der Waals surface area contributed by atoms with E-state index in [1.165, 1.54) is 0 Å². The molecular formula is C22H32N2O4. The highest BCUT2D eigenvalue weighted by atomic mass is 16.5. The summed E-state index contributed by atoms with van der Waals surface area (Å²) in [5.74, 6) is 1.14. The van der Waals surface area contributed by atoms with Crippen molar-refractivity contribution in [2.24, 2.45) is 11.8 Å². The minimum absolute atomic E-state index is 0.00483. The van der Waals surface area contributed by atoms with Gasteiger partial charge < -0.3 is 19.3 Å². The smallest absolute Gasteiger partial charge is 0.226 e. The molecule has 0 spiro atoms. The zero-order chi connectivity index (χ0) is 20.1. The predicted molar refractivity (Wildman–Crippen MR) is 107 cm³/mol. The Balaban J connectivity index is 1.96. The van der Waals surface area contributed by atoms with Crippen LogP contribution in [0.15, 0.2) is 24.3 Å². The van der Waals surface area contributed by atoms with Crippen LogP contribution in [0.2, 0.25) is 0 Å². The van der Waals surface area contributed by atoms with Gasteiger partial charge in [-0.2, -0.15) is 0 Å². The molecule has 0 N–H and O–H groups in total. The van der Waals surface area contributed by atoms with Crippen LogP contribution in [-0.4, -0.2) is 61.6 Å². The van der Waals surface area contributed by atoms with Crippen molar-refractivity contribution in [3.05, 3.63) is 29.8 Å². The number of hydrogen-bond donors (Lipinski definition) is 0. The number of ether oxygens (including phenoxy) is 2. The third kappa shape index (κ3) is 4.17. The third-order valence-electron chi connectivity index (χ3n) is 6.03. The number of hydrogen-bond acceptors (Lipinski definition) is 4. The van der Waals surface area contributed by atoms with Crippen molar-refractivity contribution in [3.8, 4) is 5.75 Å². The van der Waals surface area contributed by atoms with E-state index in [1.54, 1.807) is 7.11 Å². The normalized spacial score (nSPS) is 22.2. The summed E-state index contributed by atoms with van der Waals surface area (Å²) in [5.41, 5.74) is 1.05. The molecule has 2 aliphatic rings. The van der Waals surface area contributed by atoms with Crippen LogP contribution in [0.25, 0.3) is 0 Å². The Hall–Kier alpha value is -2.08. The second-order valence-electron chi connectivity index (χ2n) is 7.68. The number of carbonyl (C=O) groups excluding carboxylic acids is 2. The van der Waals surface area contributed by atoms with Crippen LogP contribution < -0.4 is 4.74 Å². The van der Waals surface area contributed by atoms with Crippen molar-refractivity contribution in [2.75, 3.05) is 40.0 Å². The second-order valence-corrected chi connectivity index (χ2v) is 7.68. The molecule has 0 saturated carbocycles. The lowest BCUT2D eigenvalue weighted by molar-refractivity contribution is -0.145. The predicted octanol–water partition coefficient (Wildman–Crippen LogP) is 2.88. The first kappa shape index (κ1) is 20.6. The summed E-state index contributed by atoms with van der Waals surface area (Å²) in [6, 6.07) is 7.93. The Morgan fingerprint density at radius 1 is 1.29 bits per heavy atom. The van der Waals surface area contributed by atoms with Crippen LogP contribution in [0.1, 0.15) is 44.7 Å². The topological polar surface area (TPSA) is 59.1 Å². The van der Waals surface area contributed by atoms with Crippen LogP contribution >= 0.6 is 0 Å². The van der Waals surface area contributed by atoms with E-state index in [1.807, 2.05) is 28.0 Å². The number of methoxy groups -OCH3 is 1. The average Bonchev–Trinajstić information content (AvgIpc) is 2.71. The monoisotopic (exact) mass is 388 g/mol. The molecule has 0 aliphatic carbocycles. The maximum atomic E-state index is 13.4. The molecule has 154 valence electrons. The Labute approximate surface area is 167 Å². The maximum Gasteiger partial charge on any atom is 0.226 e. The van der Waals surface area contributed by atoms with Crippen LogP contribution in [-0.2, 0) is 14.3 Å². The van der Waals surface area contributed by atoms with Gasteiger partial charge in [-0.25, -0.2) is 0 Å². The SMILES string of the molecule is CCC(CC)C(=O)N1CCC(=O)N(CCOC)C[C@H]2COc3ccccc3[C@H]21. The van der Waals surface area contributed by atoms with Crippen LogP contribution in [0.4, 0.5) is 0 Å². The van der Waals surface area contributed by atoms with Gasteiger partial charge in [-0.1, -0.05) is 32.0 Å². The first-order valence-corrected chi connectivity index (χ1v) is 10.4. The van der Waals surface area contributed by atoms with E-state index in [9.17, 15) is 9.59 Å². The Kier molecular flexibility index (Phi) is 6.94. The largest absolute Gasteiger partial charge is 0.493 e. The fraction of sp³-hybridized carbons (Fsp3) is 0.636. The minimum Gasteiger partial charge on any atom is -0.493 e. The molecule has 6 nitrogen and oxygen atoms in total. The molecule has 28 heavy (non-hydrogen) atoms. The van der Waals surface area contributed by atoms with Crippen molar-refractivity contribution in [3.63, 3.8) is 0 Å². The standard InChI is InChI=1S/C22H32N2O4/c1-4-16(5-2)22(26)24-11-10-20(25)23(12-13-27-3)14-17-15-28-19-9-7-6-8-18(19)21(17)24/h6-9,16-17,21H,4-5,10-15H2,1-3H3/t17-,21-/m0/s1. The van der Waals surface area contributed by atoms with Crippen LogP contribution in [0.5, 0.6) is 5.75 Å². The van der Waals surface area contributed by atoms with E-state index >= 15 is 0 Å². The van der Waals surface area contributed by atoms with Crippen LogP contribution in [0.3, 0.4) is 0 Å². The van der Waals surface area contributed by atoms with Gasteiger partial charge in [0.15, 0.2) is 0 Å². The fourth-order valence-electron chi connectivity index (χ4n) is 4.41. The summed E-state index contributed by atoms with van der Waals surface area (Å²) >= 11 is 0. The van der Waals surface area contributed by atoms with Gasteiger partial charge in [-0.15, -0.1) is 0 Å². The number of benzene rings is 1. The summed E-state index contributed by atoms with van der Waals surface area (Å²) in [7, 11) is 1.65. The molecule has 2 amide bonds. The molecule has 3 rings (SSSR count). The van der Waals surface area contributed by atoms with E-state index in [-0.39, 0.29) is 29.7 Å². The number of rotatable bonds is 6. The number of nitrogens with zero attached hydrogens (tertiary/aromatic N) is 2. The molecule has 0 aromatic heterocycles. The van der Waals surface area contributed by atoms with Crippen molar-refractivity contribution >= 4 is 11.8 Å². The van der Waals surface area contributed by atoms with E-state index in [0.717, 1.165) is 24.2 Å². The minimum atomic E-state index is -0.0591. The van der Waals surface area contributed by atoms with Crippen molar-refractivity contribution < 1.29 is 19.1 Å². The molecular weight excluding hydrogens is 356 g/mol. The highest BCUT2D eigenvalue weighted by Gasteiger charge is 2.41. The molecule has 1 aromatic rings. The van der Waals surface area contributed by atoms with Crippen molar-refractivity contribution in [1.29, 1.82) is 0 Å². The molecule has 1 fully saturated rings. The third-order valence-corrected chi connectivity index (χ3v) is 6.03. The van der Waals surface area contributed by atoms with E-state index in [0.29, 0.717) is 39.3 Å². The molecule has 0 unspecified atom stereocenters. The zero-order valence-electron chi connectivity index (χ0n) is 17.2. The summed E-state index contributed by atoms with van der Waals surface area (Å²) < 4.78 is 11.2. The quantitative estimate of drug-likeness (QED) is 0.752. The van der Waals surface area contributed by atoms with Gasteiger partial charge in [0.2, 0.25) is 11.8 Å². The number of amides is 2. The Morgan fingerprint density at radius 3 is 2.75 bits per heavy atom. The highest BCUT2D eigenvalue weighted by molar-refractivity contribution is 5.81. The molecule has 1 saturated heterocycles. The zero-order valence-corrected chi connectivity index (χ0v) is 17.2. The van der Waals surface area contributed by atoms with E-state index < -0.39 is 0 Å². The van der Waals surface area contributed by atoms with Gasteiger partial charge in [-0.05, 0) is 18.9 Å². The molecule has 0 radical (unpaired) electrons. The Morgan fingerprint density at radius 2 is 2.04 bits per heavy atom. The van der Waals surface area contributed by atoms with Crippen LogP contribution in [0, 0.1) is 11.8 Å². The average molecular weight is 389 g/mol. The van der Waals surface area contributed by atoms with E-state index in [4.69, 9.17) is 9.47 Å². The first-order valence-electron chi connectivity index (χ1n) is 10.4. The summed E-state index contributed by atoms with van der Waals surface area (Å²) in [6.45, 7) is 6.73. The van der Waals surface area contributed by atoms with Crippen molar-refractivity contribution in [2.45, 2.75) is 39.2 Å². The highest BCUT2D eigenvalue weighted by Crippen LogP contribution is 2.41. The van der Waals surface area contributed by atoms with Gasteiger partial charge >= 0.3 is 0 Å². The lowest BCUT2D eigenvalue weighted by Gasteiger charge is -2.45. The molecule has 6 heteroatoms. The summed E-state index contributed by atoms with van der Waals surface area (Å²) in [5, 5.41) is 0. The Bertz CT molecular complexity index is 689. The molecule has 0 bridgehead atoms. The fourth-order valence-corrected chi connectivity index (χ4v) is 4.41. The van der Waals surface area contributed by atoms with Crippen molar-refractivity contribution in [1.82, 2.24) is 9.80 Å². The van der Waals surface area contributed by atoms with Gasteiger partial charge in [0.05, 0.1) is 19.3 Å². The first-order chi connectivity index (χ1) is 13.6. The van der Waals surface area contributed by atoms with Gasteiger partial charge in [-0.3, -0.25) is 9.59 Å². The molecule has 2 atom stereocenters. The summed E-state index contributed by atoms with van der Waals surface area (Å²) in [4.78, 5) is 30.0. The summed E-state index contributed by atoms with van der Waals surface area (Å²) in [6.07, 6.45) is 1.98. The lowest BCUT2D eigenvalue weighted by atomic mass is 9.86. The molecule has 1 aromatic carbocycles. The number of fused-ring (bicyclic) bond motifs is 3. The van der Waals surface area contributed by atoms with Gasteiger partial charge in [0.1, 0.15) is 5.75 Å². The maximum absolute atomic E-state index is 13.4. The second kappa shape index (κ2) is 9.41. The van der Waals surface area contributed by atoms with Gasteiger partial charge in [0, 0.05) is 50.6 Å². The van der Waals surface area contributed by atoms with Gasteiger partial charge in [0.25, 0.3) is 0 Å². The van der Waals surface area contributed by atoms with E-state index in [2.05, 4.69) is 19.9 Å². The molecule has 2 heterocycles. The number of carbonyl (C=O) groups is 2. The molecule has 2 aliphatic heterocycles. The lowest BCUT2D eigenvalue weighted by Crippen LogP contribution is -2.52. The number of para-hydroxylation sites is 1.